The van der Waals surface area contributed by atoms with E-state index in [1.54, 1.807) is 0 Å². The summed E-state index contributed by atoms with van der Waals surface area (Å²) in [6.45, 7) is 6.24. The van der Waals surface area contributed by atoms with Gasteiger partial charge in [0, 0.05) is 0 Å². The normalized spacial score (nSPS) is 13.4. The van der Waals surface area contributed by atoms with Crippen molar-refractivity contribution < 1.29 is 0 Å². The molecule has 0 saturated carbocycles. The molecule has 0 saturated heterocycles. The first-order chi connectivity index (χ1) is 11.7. The molecule has 0 heterocycles. The van der Waals surface area contributed by atoms with Crippen molar-refractivity contribution in [2.24, 2.45) is 5.92 Å². The third-order valence-corrected chi connectivity index (χ3v) is 4.83. The molecule has 2 heteroatoms. The largest absolute Gasteiger partial charge is 0.316 e. The quantitative estimate of drug-likeness (QED) is 0.679. The maximum absolute atomic E-state index is 9.88. The molecule has 2 rings (SSSR count). The van der Waals surface area contributed by atoms with E-state index >= 15 is 0 Å². The van der Waals surface area contributed by atoms with Crippen LogP contribution in [-0.2, 0) is 11.8 Å². The SMILES string of the molecule is CC(C)C(C#N)(CCCNCCc1ccccc1)c1ccccc1. The average molecular weight is 320 g/mol. The molecule has 1 atom stereocenters. The number of hydrogen-bond acceptors (Lipinski definition) is 2. The van der Waals surface area contributed by atoms with E-state index in [0.29, 0.717) is 5.92 Å². The standard InChI is InChI=1S/C22H28N2/c1-19(2)22(18-23,21-12-7-4-8-13-21)15-9-16-24-17-14-20-10-5-3-6-11-20/h3-8,10-13,19,24H,9,14-17H2,1-2H3. The summed E-state index contributed by atoms with van der Waals surface area (Å²) < 4.78 is 0. The van der Waals surface area contributed by atoms with Gasteiger partial charge in [-0.3, -0.25) is 0 Å². The van der Waals surface area contributed by atoms with Gasteiger partial charge in [0.15, 0.2) is 0 Å². The molecule has 0 spiro atoms. The molecule has 0 fully saturated rings. The Balaban J connectivity index is 1.83. The zero-order chi connectivity index (χ0) is 17.3. The second-order valence-corrected chi connectivity index (χ2v) is 6.69. The molecular formula is C22H28N2. The van der Waals surface area contributed by atoms with Crippen molar-refractivity contribution in [1.82, 2.24) is 5.32 Å². The Morgan fingerprint density at radius 2 is 1.58 bits per heavy atom. The molecule has 0 amide bonds. The van der Waals surface area contributed by atoms with Crippen LogP contribution < -0.4 is 5.32 Å². The van der Waals surface area contributed by atoms with Crippen molar-refractivity contribution in [2.75, 3.05) is 13.1 Å². The lowest BCUT2D eigenvalue weighted by Gasteiger charge is -2.31. The summed E-state index contributed by atoms with van der Waals surface area (Å²) >= 11 is 0. The molecule has 2 aromatic rings. The van der Waals surface area contributed by atoms with Crippen LogP contribution in [0.25, 0.3) is 0 Å². The minimum Gasteiger partial charge on any atom is -0.316 e. The van der Waals surface area contributed by atoms with Crippen LogP contribution in [0.5, 0.6) is 0 Å². The van der Waals surface area contributed by atoms with Crippen LogP contribution in [0.15, 0.2) is 60.7 Å². The molecule has 1 N–H and O–H groups in total. The number of nitrogens with zero attached hydrogens (tertiary/aromatic N) is 1. The molecule has 0 aromatic heterocycles. The lowest BCUT2D eigenvalue weighted by molar-refractivity contribution is 0.356. The molecule has 24 heavy (non-hydrogen) atoms. The number of benzene rings is 2. The number of nitrogens with one attached hydrogen (secondary N) is 1. The van der Waals surface area contributed by atoms with E-state index < -0.39 is 0 Å². The molecule has 0 aliphatic heterocycles. The summed E-state index contributed by atoms with van der Waals surface area (Å²) in [6.07, 6.45) is 2.95. The van der Waals surface area contributed by atoms with Gasteiger partial charge < -0.3 is 5.32 Å². The molecule has 0 aliphatic rings. The highest BCUT2D eigenvalue weighted by atomic mass is 14.8. The third-order valence-electron chi connectivity index (χ3n) is 4.83. The molecular weight excluding hydrogens is 292 g/mol. The summed E-state index contributed by atoms with van der Waals surface area (Å²) in [5.41, 5.74) is 2.12. The van der Waals surface area contributed by atoms with Crippen molar-refractivity contribution in [3.05, 3.63) is 71.8 Å². The summed E-state index contributed by atoms with van der Waals surface area (Å²) in [6, 6.07) is 23.4. The Morgan fingerprint density at radius 1 is 0.958 bits per heavy atom. The van der Waals surface area contributed by atoms with Crippen LogP contribution >= 0.6 is 0 Å². The fraction of sp³-hybridized carbons (Fsp3) is 0.409. The van der Waals surface area contributed by atoms with Crippen molar-refractivity contribution in [1.29, 1.82) is 5.26 Å². The maximum Gasteiger partial charge on any atom is 0.0845 e. The van der Waals surface area contributed by atoms with E-state index in [1.807, 2.05) is 24.3 Å². The van der Waals surface area contributed by atoms with Crippen molar-refractivity contribution in [3.63, 3.8) is 0 Å². The minimum absolute atomic E-state index is 0.300. The molecule has 126 valence electrons. The van der Waals surface area contributed by atoms with Crippen LogP contribution in [0.3, 0.4) is 0 Å². The second-order valence-electron chi connectivity index (χ2n) is 6.69. The number of nitriles is 1. The van der Waals surface area contributed by atoms with Gasteiger partial charge in [0.2, 0.25) is 0 Å². The van der Waals surface area contributed by atoms with E-state index in [2.05, 4.69) is 61.6 Å². The maximum atomic E-state index is 9.88. The Bertz CT molecular complexity index is 628. The minimum atomic E-state index is -0.387. The van der Waals surface area contributed by atoms with E-state index in [9.17, 15) is 5.26 Å². The lowest BCUT2D eigenvalue weighted by atomic mass is 9.70. The number of hydrogen-bond donors (Lipinski definition) is 1. The zero-order valence-corrected chi connectivity index (χ0v) is 14.8. The zero-order valence-electron chi connectivity index (χ0n) is 14.8. The van der Waals surface area contributed by atoms with E-state index in [0.717, 1.165) is 37.9 Å². The third kappa shape index (κ3) is 4.69. The van der Waals surface area contributed by atoms with Crippen LogP contribution in [0.2, 0.25) is 0 Å². The van der Waals surface area contributed by atoms with Gasteiger partial charge in [-0.2, -0.15) is 5.26 Å². The lowest BCUT2D eigenvalue weighted by Crippen LogP contribution is -2.32. The Labute approximate surface area is 146 Å². The van der Waals surface area contributed by atoms with Gasteiger partial charge in [-0.15, -0.1) is 0 Å². The highest BCUT2D eigenvalue weighted by Gasteiger charge is 2.35. The highest BCUT2D eigenvalue weighted by molar-refractivity contribution is 5.33. The van der Waals surface area contributed by atoms with Gasteiger partial charge in [-0.05, 0) is 49.4 Å². The monoisotopic (exact) mass is 320 g/mol. The smallest absolute Gasteiger partial charge is 0.0845 e. The van der Waals surface area contributed by atoms with Gasteiger partial charge in [-0.25, -0.2) is 0 Å². The van der Waals surface area contributed by atoms with Crippen molar-refractivity contribution >= 4 is 0 Å². The van der Waals surface area contributed by atoms with E-state index in [-0.39, 0.29) is 5.41 Å². The first-order valence-electron chi connectivity index (χ1n) is 8.90. The Hall–Kier alpha value is -2.11. The Kier molecular flexibility index (Phi) is 7.03. The Morgan fingerprint density at radius 3 is 2.17 bits per heavy atom. The van der Waals surface area contributed by atoms with Gasteiger partial charge in [-0.1, -0.05) is 74.5 Å². The van der Waals surface area contributed by atoms with Gasteiger partial charge in [0.25, 0.3) is 0 Å². The molecule has 0 radical (unpaired) electrons. The topological polar surface area (TPSA) is 35.8 Å². The first-order valence-corrected chi connectivity index (χ1v) is 8.90. The van der Waals surface area contributed by atoms with Gasteiger partial charge >= 0.3 is 0 Å². The molecule has 2 aromatic carbocycles. The van der Waals surface area contributed by atoms with Crippen LogP contribution in [-0.4, -0.2) is 13.1 Å². The first kappa shape index (κ1) is 18.2. The van der Waals surface area contributed by atoms with E-state index in [1.165, 1.54) is 5.56 Å². The van der Waals surface area contributed by atoms with Crippen LogP contribution in [0.1, 0.15) is 37.8 Å². The van der Waals surface area contributed by atoms with Crippen LogP contribution in [0, 0.1) is 17.2 Å². The number of rotatable bonds is 9. The van der Waals surface area contributed by atoms with Gasteiger partial charge in [0.05, 0.1) is 11.5 Å². The highest BCUT2D eigenvalue weighted by Crippen LogP contribution is 2.36. The van der Waals surface area contributed by atoms with E-state index in [4.69, 9.17) is 0 Å². The van der Waals surface area contributed by atoms with Crippen molar-refractivity contribution in [2.45, 2.75) is 38.5 Å². The van der Waals surface area contributed by atoms with Crippen LogP contribution in [0.4, 0.5) is 0 Å². The predicted molar refractivity (Wildman–Crippen MR) is 101 cm³/mol. The summed E-state index contributed by atoms with van der Waals surface area (Å²) in [7, 11) is 0. The summed E-state index contributed by atoms with van der Waals surface area (Å²) in [5.74, 6) is 0.300. The molecule has 2 nitrogen and oxygen atoms in total. The fourth-order valence-corrected chi connectivity index (χ4v) is 3.25. The summed E-state index contributed by atoms with van der Waals surface area (Å²) in [4.78, 5) is 0. The second kappa shape index (κ2) is 9.25. The fourth-order valence-electron chi connectivity index (χ4n) is 3.25. The predicted octanol–water partition coefficient (Wildman–Crippen LogP) is 4.72. The molecule has 1 unspecified atom stereocenters. The van der Waals surface area contributed by atoms with Gasteiger partial charge in [0.1, 0.15) is 0 Å². The van der Waals surface area contributed by atoms with Crippen molar-refractivity contribution in [3.8, 4) is 6.07 Å². The average Bonchev–Trinajstić information content (AvgIpc) is 2.63. The summed E-state index contributed by atoms with van der Waals surface area (Å²) in [5, 5.41) is 13.4. The molecule has 0 aliphatic carbocycles. The molecule has 0 bridgehead atoms.